The van der Waals surface area contributed by atoms with Crippen LogP contribution in [-0.2, 0) is 4.74 Å². The molecule has 0 spiro atoms. The smallest absolute Gasteiger partial charge is 0.356 e. The first-order chi connectivity index (χ1) is 7.27. The lowest BCUT2D eigenvalue weighted by Crippen LogP contribution is -2.33. The lowest BCUT2D eigenvalue weighted by Gasteiger charge is -2.22. The second-order valence-corrected chi connectivity index (χ2v) is 3.20. The van der Waals surface area contributed by atoms with Gasteiger partial charge in [-0.3, -0.25) is 4.98 Å². The maximum atomic E-state index is 10.5. The highest BCUT2D eigenvalue weighted by Gasteiger charge is 2.17. The molecule has 2 N–H and O–H groups in total. The number of hydrogen-bond donors (Lipinski definition) is 2. The van der Waals surface area contributed by atoms with Crippen molar-refractivity contribution in [2.24, 2.45) is 0 Å². The van der Waals surface area contributed by atoms with Crippen LogP contribution in [0, 0.1) is 0 Å². The standard InChI is InChI=1S/C9H11N3O3/c13-9(14)7-4-11-6(3-12-7)8-5-10-1-2-15-8/h3-4,8,10H,1-2,5H2,(H,13,14). The fraction of sp³-hybridized carbons (Fsp3) is 0.444. The molecule has 2 rings (SSSR count). The number of aromatic carboxylic acids is 1. The first-order valence-electron chi connectivity index (χ1n) is 4.65. The molecule has 0 amide bonds. The Morgan fingerprint density at radius 1 is 1.53 bits per heavy atom. The maximum absolute atomic E-state index is 10.5. The second kappa shape index (κ2) is 4.33. The van der Waals surface area contributed by atoms with Gasteiger partial charge in [-0.2, -0.15) is 0 Å². The Balaban J connectivity index is 2.11. The lowest BCUT2D eigenvalue weighted by atomic mass is 10.2. The van der Waals surface area contributed by atoms with Gasteiger partial charge in [0.25, 0.3) is 0 Å². The zero-order valence-corrected chi connectivity index (χ0v) is 8.01. The number of nitrogens with zero attached hydrogens (tertiary/aromatic N) is 2. The van der Waals surface area contributed by atoms with Crippen LogP contribution >= 0.6 is 0 Å². The SMILES string of the molecule is O=C(O)c1cnc(C2CNCCO2)cn1. The molecule has 1 aromatic rings. The molecule has 1 aromatic heterocycles. The van der Waals surface area contributed by atoms with Gasteiger partial charge in [-0.25, -0.2) is 9.78 Å². The van der Waals surface area contributed by atoms with Gasteiger partial charge in [-0.1, -0.05) is 0 Å². The minimum atomic E-state index is -1.07. The third kappa shape index (κ3) is 2.28. The molecular weight excluding hydrogens is 198 g/mol. The molecule has 80 valence electrons. The largest absolute Gasteiger partial charge is 0.476 e. The second-order valence-electron chi connectivity index (χ2n) is 3.20. The van der Waals surface area contributed by atoms with Gasteiger partial charge >= 0.3 is 5.97 Å². The Morgan fingerprint density at radius 2 is 2.40 bits per heavy atom. The molecular formula is C9H11N3O3. The van der Waals surface area contributed by atoms with Gasteiger partial charge in [0.2, 0.25) is 0 Å². The molecule has 6 nitrogen and oxygen atoms in total. The van der Waals surface area contributed by atoms with Gasteiger partial charge in [-0.15, -0.1) is 0 Å². The van der Waals surface area contributed by atoms with Crippen LogP contribution in [-0.4, -0.2) is 40.7 Å². The minimum Gasteiger partial charge on any atom is -0.476 e. The van der Waals surface area contributed by atoms with Gasteiger partial charge < -0.3 is 15.2 Å². The summed E-state index contributed by atoms with van der Waals surface area (Å²) in [5, 5.41) is 11.8. The van der Waals surface area contributed by atoms with Gasteiger partial charge in [0.1, 0.15) is 6.10 Å². The van der Waals surface area contributed by atoms with E-state index >= 15 is 0 Å². The van der Waals surface area contributed by atoms with E-state index < -0.39 is 5.97 Å². The zero-order valence-electron chi connectivity index (χ0n) is 8.01. The molecule has 0 aliphatic carbocycles. The molecule has 15 heavy (non-hydrogen) atoms. The van der Waals surface area contributed by atoms with Gasteiger partial charge in [0.05, 0.1) is 24.7 Å². The van der Waals surface area contributed by atoms with Gasteiger partial charge in [0, 0.05) is 13.1 Å². The van der Waals surface area contributed by atoms with Crippen LogP contribution in [0.5, 0.6) is 0 Å². The number of carboxylic acids is 1. The van der Waals surface area contributed by atoms with E-state index in [4.69, 9.17) is 9.84 Å². The third-order valence-electron chi connectivity index (χ3n) is 2.15. The quantitative estimate of drug-likeness (QED) is 0.703. The van der Waals surface area contributed by atoms with E-state index in [-0.39, 0.29) is 11.8 Å². The van der Waals surface area contributed by atoms with E-state index in [1.807, 2.05) is 0 Å². The topological polar surface area (TPSA) is 84.3 Å². The number of carbonyl (C=O) groups is 1. The molecule has 1 unspecified atom stereocenters. The van der Waals surface area contributed by atoms with Crippen molar-refractivity contribution in [3.05, 3.63) is 23.8 Å². The van der Waals surface area contributed by atoms with E-state index in [9.17, 15) is 4.79 Å². The molecule has 0 aromatic carbocycles. The molecule has 2 heterocycles. The summed E-state index contributed by atoms with van der Waals surface area (Å²) >= 11 is 0. The third-order valence-corrected chi connectivity index (χ3v) is 2.15. The number of morpholine rings is 1. The highest BCUT2D eigenvalue weighted by molar-refractivity contribution is 5.84. The number of rotatable bonds is 2. The van der Waals surface area contributed by atoms with E-state index in [1.54, 1.807) is 0 Å². The summed E-state index contributed by atoms with van der Waals surface area (Å²) in [5.74, 6) is -1.07. The highest BCUT2D eigenvalue weighted by Crippen LogP contribution is 2.14. The first-order valence-corrected chi connectivity index (χ1v) is 4.65. The molecule has 0 radical (unpaired) electrons. The number of aromatic nitrogens is 2. The number of hydrogen-bond acceptors (Lipinski definition) is 5. The fourth-order valence-electron chi connectivity index (χ4n) is 1.37. The van der Waals surface area contributed by atoms with Gasteiger partial charge in [0.15, 0.2) is 5.69 Å². The normalized spacial score (nSPS) is 21.2. The Labute approximate surface area is 86.3 Å². The Kier molecular flexibility index (Phi) is 2.89. The van der Waals surface area contributed by atoms with Crippen LogP contribution in [0.3, 0.4) is 0 Å². The number of nitrogens with one attached hydrogen (secondary N) is 1. The predicted octanol–water partition coefficient (Wildman–Crippen LogP) is -0.164. The average molecular weight is 209 g/mol. The molecule has 0 saturated carbocycles. The molecule has 6 heteroatoms. The fourth-order valence-corrected chi connectivity index (χ4v) is 1.37. The van der Waals surface area contributed by atoms with E-state index in [0.29, 0.717) is 18.8 Å². The van der Waals surface area contributed by atoms with Gasteiger partial charge in [-0.05, 0) is 0 Å². The van der Waals surface area contributed by atoms with E-state index in [1.165, 1.54) is 12.4 Å². The zero-order chi connectivity index (χ0) is 10.7. The number of ether oxygens (including phenoxy) is 1. The first kappa shape index (κ1) is 10.0. The molecule has 1 saturated heterocycles. The van der Waals surface area contributed by atoms with Crippen molar-refractivity contribution in [1.82, 2.24) is 15.3 Å². The Bertz CT molecular complexity index is 346. The van der Waals surface area contributed by atoms with Crippen molar-refractivity contribution in [3.63, 3.8) is 0 Å². The van der Waals surface area contributed by atoms with Crippen LogP contribution < -0.4 is 5.32 Å². The lowest BCUT2D eigenvalue weighted by molar-refractivity contribution is 0.0247. The average Bonchev–Trinajstić information content (AvgIpc) is 2.30. The van der Waals surface area contributed by atoms with E-state index in [0.717, 1.165) is 6.54 Å². The monoisotopic (exact) mass is 209 g/mol. The van der Waals surface area contributed by atoms with Crippen LogP contribution in [0.2, 0.25) is 0 Å². The summed E-state index contributed by atoms with van der Waals surface area (Å²) in [7, 11) is 0. The summed E-state index contributed by atoms with van der Waals surface area (Å²) < 4.78 is 5.45. The van der Waals surface area contributed by atoms with Crippen LogP contribution in [0.15, 0.2) is 12.4 Å². The van der Waals surface area contributed by atoms with Crippen molar-refractivity contribution in [2.45, 2.75) is 6.10 Å². The summed E-state index contributed by atoms with van der Waals surface area (Å²) in [5.41, 5.74) is 0.606. The molecule has 0 bridgehead atoms. The molecule has 1 atom stereocenters. The van der Waals surface area contributed by atoms with Crippen LogP contribution in [0.1, 0.15) is 22.3 Å². The maximum Gasteiger partial charge on any atom is 0.356 e. The minimum absolute atomic E-state index is 0.0532. The summed E-state index contributed by atoms with van der Waals surface area (Å²) in [6, 6.07) is 0. The number of carboxylic acid groups (broad SMARTS) is 1. The van der Waals surface area contributed by atoms with Crippen molar-refractivity contribution in [2.75, 3.05) is 19.7 Å². The summed E-state index contributed by atoms with van der Waals surface area (Å²) in [4.78, 5) is 18.3. The van der Waals surface area contributed by atoms with Crippen molar-refractivity contribution in [3.8, 4) is 0 Å². The predicted molar refractivity (Wildman–Crippen MR) is 50.6 cm³/mol. The molecule has 1 fully saturated rings. The summed E-state index contributed by atoms with van der Waals surface area (Å²) in [6.07, 6.45) is 2.56. The van der Waals surface area contributed by atoms with Crippen LogP contribution in [0.25, 0.3) is 0 Å². The summed E-state index contributed by atoms with van der Waals surface area (Å²) in [6.45, 7) is 2.14. The Morgan fingerprint density at radius 3 is 2.93 bits per heavy atom. The van der Waals surface area contributed by atoms with Crippen molar-refractivity contribution < 1.29 is 14.6 Å². The van der Waals surface area contributed by atoms with Crippen molar-refractivity contribution in [1.29, 1.82) is 0 Å². The molecule has 1 aliphatic heterocycles. The Hall–Kier alpha value is -1.53. The van der Waals surface area contributed by atoms with E-state index in [2.05, 4.69) is 15.3 Å². The highest BCUT2D eigenvalue weighted by atomic mass is 16.5. The van der Waals surface area contributed by atoms with Crippen LogP contribution in [0.4, 0.5) is 0 Å². The molecule has 1 aliphatic rings. The van der Waals surface area contributed by atoms with Crippen molar-refractivity contribution >= 4 is 5.97 Å².